The maximum atomic E-state index is 12.9. The Balaban J connectivity index is 1.66. The van der Waals surface area contributed by atoms with Crippen LogP contribution in [0.5, 0.6) is 5.75 Å². The van der Waals surface area contributed by atoms with E-state index in [1.807, 2.05) is 0 Å². The molecule has 0 radical (unpaired) electrons. The molecule has 1 heterocycles. The van der Waals surface area contributed by atoms with Gasteiger partial charge in [-0.15, -0.1) is 4.36 Å². The van der Waals surface area contributed by atoms with Gasteiger partial charge in [0.2, 0.25) is 0 Å². The molecule has 0 saturated carbocycles. The summed E-state index contributed by atoms with van der Waals surface area (Å²) in [5.41, 5.74) is -0.0940. The van der Waals surface area contributed by atoms with Crippen molar-refractivity contribution in [3.05, 3.63) is 69.3 Å². The number of carbonyl (C=O) groups is 3. The van der Waals surface area contributed by atoms with E-state index in [0.29, 0.717) is 23.1 Å². The van der Waals surface area contributed by atoms with Gasteiger partial charge >= 0.3 is 6.09 Å². The number of hydrogen-bond donors (Lipinski definition) is 0. The number of nitro benzene ring substituents is 1. The number of rotatable bonds is 8. The summed E-state index contributed by atoms with van der Waals surface area (Å²) in [4.78, 5) is 48.8. The molecule has 0 fully saturated rings. The van der Waals surface area contributed by atoms with Gasteiger partial charge in [-0.2, -0.15) is 0 Å². The lowest BCUT2D eigenvalue weighted by Gasteiger charge is -2.17. The molecule has 12 heteroatoms. The summed E-state index contributed by atoms with van der Waals surface area (Å²) in [6, 6.07) is 10.5. The molecule has 3 rings (SSSR count). The molecule has 36 heavy (non-hydrogen) atoms. The molecule has 0 saturated heterocycles. The van der Waals surface area contributed by atoms with Crippen molar-refractivity contribution in [1.29, 1.82) is 0 Å². The van der Waals surface area contributed by atoms with E-state index in [2.05, 4.69) is 4.36 Å². The average molecular weight is 518 g/mol. The molecular formula is C24H27N3O8S. The van der Waals surface area contributed by atoms with Gasteiger partial charge in [-0.25, -0.2) is 9.00 Å². The Labute approximate surface area is 208 Å². The molecule has 192 valence electrons. The van der Waals surface area contributed by atoms with E-state index < -0.39 is 26.3 Å². The Morgan fingerprint density at radius 1 is 1.11 bits per heavy atom. The number of nitrogens with zero attached hydrogens (tertiary/aromatic N) is 3. The van der Waals surface area contributed by atoms with Crippen LogP contribution in [0.1, 0.15) is 53.5 Å². The first-order valence-corrected chi connectivity index (χ1v) is 13.1. The second-order valence-corrected chi connectivity index (χ2v) is 11.7. The van der Waals surface area contributed by atoms with Gasteiger partial charge in [0.25, 0.3) is 17.5 Å². The first-order valence-electron chi connectivity index (χ1n) is 11.0. The Kier molecular flexibility index (Phi) is 7.77. The number of benzene rings is 2. The molecule has 3 amide bonds. The standard InChI is InChI=1S/C24H27N3O8S/c1-24(2,3)35-23(30)25-36(4,33)15-16-12-17(27(31)32)14-18(13-16)34-11-7-10-26-21(28)19-8-5-6-9-20(19)22(26)29/h5-6,8-9,12-14H,7,10-11,15H2,1-4H3. The molecule has 0 spiro atoms. The number of imide groups is 1. The Morgan fingerprint density at radius 3 is 2.28 bits per heavy atom. The minimum Gasteiger partial charge on any atom is -0.493 e. The van der Waals surface area contributed by atoms with Crippen molar-refractivity contribution in [1.82, 2.24) is 4.90 Å². The minimum atomic E-state index is -3.10. The molecule has 1 unspecified atom stereocenters. The highest BCUT2D eigenvalue weighted by atomic mass is 32.2. The van der Waals surface area contributed by atoms with Gasteiger partial charge in [-0.05, 0) is 51.0 Å². The molecule has 11 nitrogen and oxygen atoms in total. The normalized spacial score (nSPS) is 14.7. The van der Waals surface area contributed by atoms with Crippen LogP contribution in [0, 0.1) is 10.1 Å². The van der Waals surface area contributed by atoms with E-state index in [0.717, 1.165) is 4.90 Å². The molecule has 0 aliphatic carbocycles. The second kappa shape index (κ2) is 10.4. The summed E-state index contributed by atoms with van der Waals surface area (Å²) in [6.45, 7) is 5.13. The van der Waals surface area contributed by atoms with Crippen molar-refractivity contribution >= 4 is 33.3 Å². The Bertz CT molecular complexity index is 1300. The summed E-state index contributed by atoms with van der Waals surface area (Å²) < 4.78 is 27.2. The van der Waals surface area contributed by atoms with Crippen LogP contribution < -0.4 is 4.74 Å². The molecule has 0 bridgehead atoms. The van der Waals surface area contributed by atoms with Crippen LogP contribution in [0.15, 0.2) is 46.8 Å². The molecule has 2 aromatic rings. The predicted octanol–water partition coefficient (Wildman–Crippen LogP) is 4.19. The van der Waals surface area contributed by atoms with Crippen LogP contribution in [0.25, 0.3) is 0 Å². The van der Waals surface area contributed by atoms with Crippen LogP contribution in [0.4, 0.5) is 10.5 Å². The van der Waals surface area contributed by atoms with E-state index in [-0.39, 0.29) is 42.2 Å². The van der Waals surface area contributed by atoms with Crippen LogP contribution in [-0.4, -0.2) is 56.9 Å². The Hall–Kier alpha value is -3.80. The zero-order valence-corrected chi connectivity index (χ0v) is 21.2. The third-order valence-corrected chi connectivity index (χ3v) is 6.33. The van der Waals surface area contributed by atoms with Gasteiger partial charge in [0.15, 0.2) is 0 Å². The van der Waals surface area contributed by atoms with E-state index in [1.165, 1.54) is 24.5 Å². The SMILES string of the molecule is CC(C)(C)OC(=O)N=S(C)(=O)Cc1cc(OCCCN2C(=O)c3ccccc3C2=O)cc([N+](=O)[O-])c1. The lowest BCUT2D eigenvalue weighted by molar-refractivity contribution is -0.385. The monoisotopic (exact) mass is 517 g/mol. The number of carbonyl (C=O) groups excluding carboxylic acids is 3. The van der Waals surface area contributed by atoms with Crippen LogP contribution in [0.3, 0.4) is 0 Å². The highest BCUT2D eigenvalue weighted by Gasteiger charge is 2.34. The van der Waals surface area contributed by atoms with Gasteiger partial charge in [0.05, 0.1) is 44.2 Å². The maximum absolute atomic E-state index is 12.9. The topological polar surface area (TPSA) is 145 Å². The lowest BCUT2D eigenvalue weighted by Crippen LogP contribution is -2.31. The van der Waals surface area contributed by atoms with Crippen molar-refractivity contribution in [3.63, 3.8) is 0 Å². The third kappa shape index (κ3) is 6.87. The largest absolute Gasteiger partial charge is 0.493 e. The van der Waals surface area contributed by atoms with E-state index in [9.17, 15) is 28.7 Å². The zero-order valence-electron chi connectivity index (χ0n) is 20.4. The number of ether oxygens (including phenoxy) is 2. The third-order valence-electron chi connectivity index (χ3n) is 4.93. The van der Waals surface area contributed by atoms with Gasteiger partial charge in [0, 0.05) is 18.9 Å². The molecule has 1 atom stereocenters. The van der Waals surface area contributed by atoms with Crippen LogP contribution in [-0.2, 0) is 20.2 Å². The fraction of sp³-hybridized carbons (Fsp3) is 0.375. The quantitative estimate of drug-likeness (QED) is 0.219. The lowest BCUT2D eigenvalue weighted by atomic mass is 10.1. The fourth-order valence-corrected chi connectivity index (χ4v) is 4.75. The maximum Gasteiger partial charge on any atom is 0.442 e. The molecule has 1 aliphatic heterocycles. The predicted molar refractivity (Wildman–Crippen MR) is 131 cm³/mol. The summed E-state index contributed by atoms with van der Waals surface area (Å²) >= 11 is 0. The van der Waals surface area contributed by atoms with Crippen molar-refractivity contribution in [3.8, 4) is 5.75 Å². The van der Waals surface area contributed by atoms with Gasteiger partial charge in [-0.1, -0.05) is 12.1 Å². The highest BCUT2D eigenvalue weighted by Crippen LogP contribution is 2.26. The van der Waals surface area contributed by atoms with E-state index in [4.69, 9.17) is 9.47 Å². The van der Waals surface area contributed by atoms with Crippen molar-refractivity contribution < 1.29 is 33.0 Å². The van der Waals surface area contributed by atoms with Gasteiger partial charge < -0.3 is 9.47 Å². The zero-order chi connectivity index (χ0) is 26.7. The molecule has 0 N–H and O–H groups in total. The van der Waals surface area contributed by atoms with Crippen molar-refractivity contribution in [2.75, 3.05) is 19.4 Å². The number of fused-ring (bicyclic) bond motifs is 1. The smallest absolute Gasteiger partial charge is 0.442 e. The molecule has 0 aromatic heterocycles. The summed E-state index contributed by atoms with van der Waals surface area (Å²) in [6.07, 6.45) is 0.574. The van der Waals surface area contributed by atoms with Crippen LogP contribution >= 0.6 is 0 Å². The summed E-state index contributed by atoms with van der Waals surface area (Å²) in [5, 5.41) is 11.4. The minimum absolute atomic E-state index is 0.0673. The van der Waals surface area contributed by atoms with E-state index in [1.54, 1.807) is 45.0 Å². The fourth-order valence-electron chi connectivity index (χ4n) is 3.55. The molecule has 1 aliphatic rings. The number of hydrogen-bond acceptors (Lipinski definition) is 8. The summed E-state index contributed by atoms with van der Waals surface area (Å²) in [5.74, 6) is -0.840. The van der Waals surface area contributed by atoms with Gasteiger partial charge in [0.1, 0.15) is 11.4 Å². The van der Waals surface area contributed by atoms with Crippen LogP contribution in [0.2, 0.25) is 0 Å². The number of amides is 3. The van der Waals surface area contributed by atoms with Crippen molar-refractivity contribution in [2.24, 2.45) is 4.36 Å². The highest BCUT2D eigenvalue weighted by molar-refractivity contribution is 7.92. The molecule has 2 aromatic carbocycles. The first-order chi connectivity index (χ1) is 16.8. The first kappa shape index (κ1) is 26.8. The summed E-state index contributed by atoms with van der Waals surface area (Å²) in [7, 11) is -3.10. The number of non-ortho nitro benzene ring substituents is 1. The second-order valence-electron chi connectivity index (χ2n) is 9.28. The van der Waals surface area contributed by atoms with E-state index >= 15 is 0 Å². The Morgan fingerprint density at radius 2 is 1.72 bits per heavy atom. The number of nitro groups is 1. The van der Waals surface area contributed by atoms with Gasteiger partial charge in [-0.3, -0.25) is 24.6 Å². The van der Waals surface area contributed by atoms with Crippen molar-refractivity contribution in [2.45, 2.75) is 38.5 Å². The molecular weight excluding hydrogens is 490 g/mol. The average Bonchev–Trinajstić information content (AvgIpc) is 2.99.